The van der Waals surface area contributed by atoms with Crippen molar-refractivity contribution in [1.29, 1.82) is 0 Å². The van der Waals surface area contributed by atoms with Crippen LogP contribution >= 0.6 is 39.0 Å². The van der Waals surface area contributed by atoms with Crippen LogP contribution in [0.4, 0.5) is 5.13 Å². The van der Waals surface area contributed by atoms with Gasteiger partial charge in [0.15, 0.2) is 4.34 Å². The second-order valence-electron chi connectivity index (χ2n) is 3.14. The quantitative estimate of drug-likeness (QED) is 0.843. The number of nitrogens with one attached hydrogen (secondary N) is 1. The van der Waals surface area contributed by atoms with Gasteiger partial charge in [-0.25, -0.2) is 8.42 Å². The Bertz CT molecular complexity index is 639. The van der Waals surface area contributed by atoms with Gasteiger partial charge in [-0.3, -0.25) is 4.72 Å². The molecule has 0 saturated heterocycles. The monoisotopic (exact) mass is 365 g/mol. The normalized spacial score (nSPS) is 11.4. The van der Waals surface area contributed by atoms with Crippen molar-refractivity contribution in [3.63, 3.8) is 0 Å². The lowest BCUT2D eigenvalue weighted by molar-refractivity contribution is 0.601. The van der Waals surface area contributed by atoms with E-state index in [0.29, 0.717) is 4.34 Å². The first-order valence-electron chi connectivity index (χ1n) is 4.67. The number of hydrogen-bond acceptors (Lipinski definition) is 6. The fraction of sp³-hybridized carbons (Fsp3) is 0.111. The molecule has 0 aliphatic rings. The van der Waals surface area contributed by atoms with Crippen LogP contribution in [0.3, 0.4) is 0 Å². The van der Waals surface area contributed by atoms with E-state index in [2.05, 4.69) is 30.8 Å². The molecule has 0 spiro atoms. The Morgan fingerprint density at radius 1 is 1.28 bits per heavy atom. The average molecular weight is 366 g/mol. The van der Waals surface area contributed by atoms with Crippen molar-refractivity contribution in [2.75, 3.05) is 11.0 Å². The minimum atomic E-state index is -3.60. The lowest BCUT2D eigenvalue weighted by Gasteiger charge is -2.04. The molecule has 1 N–H and O–H groups in total. The summed E-state index contributed by atoms with van der Waals surface area (Å²) in [6.45, 7) is 0. The molecule has 0 amide bonds. The SMILES string of the molecule is CSc1nnc(NS(=O)(=O)c2ccc(Br)cc2)s1. The van der Waals surface area contributed by atoms with Crippen LogP contribution in [0.1, 0.15) is 0 Å². The van der Waals surface area contributed by atoms with Gasteiger partial charge in [0.1, 0.15) is 0 Å². The van der Waals surface area contributed by atoms with Crippen molar-refractivity contribution >= 4 is 54.2 Å². The van der Waals surface area contributed by atoms with Crippen molar-refractivity contribution in [3.8, 4) is 0 Å². The highest BCUT2D eigenvalue weighted by Crippen LogP contribution is 2.25. The van der Waals surface area contributed by atoms with Crippen molar-refractivity contribution in [3.05, 3.63) is 28.7 Å². The molecule has 9 heteroatoms. The van der Waals surface area contributed by atoms with Gasteiger partial charge in [-0.15, -0.1) is 10.2 Å². The molecular weight excluding hydrogens is 358 g/mol. The van der Waals surface area contributed by atoms with Crippen LogP contribution in [0.2, 0.25) is 0 Å². The van der Waals surface area contributed by atoms with Crippen molar-refractivity contribution < 1.29 is 8.42 Å². The van der Waals surface area contributed by atoms with Crippen LogP contribution in [0.25, 0.3) is 0 Å². The van der Waals surface area contributed by atoms with Crippen LogP contribution in [-0.2, 0) is 10.0 Å². The summed E-state index contributed by atoms with van der Waals surface area (Å²) in [5.41, 5.74) is 0. The molecular formula is C9H8BrN3O2S3. The Labute approximate surface area is 121 Å². The van der Waals surface area contributed by atoms with E-state index in [0.717, 1.165) is 4.47 Å². The highest BCUT2D eigenvalue weighted by atomic mass is 79.9. The molecule has 0 aliphatic carbocycles. The van der Waals surface area contributed by atoms with E-state index in [-0.39, 0.29) is 10.0 Å². The van der Waals surface area contributed by atoms with Gasteiger partial charge in [0.25, 0.3) is 10.0 Å². The standard InChI is InChI=1S/C9H8BrN3O2S3/c1-16-9-12-11-8(17-9)13-18(14,15)7-4-2-6(10)3-5-7/h2-5H,1H3,(H,11,13). The number of aromatic nitrogens is 2. The van der Waals surface area contributed by atoms with E-state index in [4.69, 9.17) is 0 Å². The molecule has 2 rings (SSSR count). The first-order valence-corrected chi connectivity index (χ1v) is 8.99. The maximum absolute atomic E-state index is 12.0. The third-order valence-electron chi connectivity index (χ3n) is 1.93. The number of benzene rings is 1. The van der Waals surface area contributed by atoms with E-state index < -0.39 is 10.0 Å². The summed E-state index contributed by atoms with van der Waals surface area (Å²) in [6.07, 6.45) is 1.85. The van der Waals surface area contributed by atoms with Gasteiger partial charge in [0, 0.05) is 4.47 Å². The first-order chi connectivity index (χ1) is 8.51. The Balaban J connectivity index is 2.24. The second-order valence-corrected chi connectivity index (χ2v) is 7.77. The minimum absolute atomic E-state index is 0.187. The second kappa shape index (κ2) is 5.55. The number of nitrogens with zero attached hydrogens (tertiary/aromatic N) is 2. The van der Waals surface area contributed by atoms with Crippen molar-refractivity contribution in [2.24, 2.45) is 0 Å². The Hall–Kier alpha value is -0.640. The van der Waals surface area contributed by atoms with Gasteiger partial charge in [-0.2, -0.15) is 0 Å². The molecule has 0 aliphatic heterocycles. The summed E-state index contributed by atoms with van der Waals surface area (Å²) in [6, 6.07) is 6.37. The van der Waals surface area contributed by atoms with Crippen LogP contribution in [0.15, 0.2) is 38.0 Å². The predicted molar refractivity (Wildman–Crippen MR) is 76.6 cm³/mol. The summed E-state index contributed by atoms with van der Waals surface area (Å²) in [7, 11) is -3.60. The maximum atomic E-state index is 12.0. The van der Waals surface area contributed by atoms with Gasteiger partial charge in [0.2, 0.25) is 5.13 Å². The molecule has 0 saturated carbocycles. The summed E-state index contributed by atoms with van der Waals surface area (Å²) in [5.74, 6) is 0. The molecule has 96 valence electrons. The number of hydrogen-bond donors (Lipinski definition) is 1. The van der Waals surface area contributed by atoms with Crippen LogP contribution in [-0.4, -0.2) is 24.9 Å². The van der Waals surface area contributed by atoms with Gasteiger partial charge >= 0.3 is 0 Å². The van der Waals surface area contributed by atoms with Gasteiger partial charge in [-0.05, 0) is 30.5 Å². The number of halogens is 1. The molecule has 5 nitrogen and oxygen atoms in total. The zero-order valence-corrected chi connectivity index (χ0v) is 13.2. The van der Waals surface area contributed by atoms with Crippen LogP contribution in [0, 0.1) is 0 Å². The van der Waals surface area contributed by atoms with E-state index in [1.54, 1.807) is 12.1 Å². The van der Waals surface area contributed by atoms with Crippen molar-refractivity contribution in [2.45, 2.75) is 9.24 Å². The lowest BCUT2D eigenvalue weighted by atomic mass is 10.4. The Morgan fingerprint density at radius 2 is 1.94 bits per heavy atom. The number of anilines is 1. The molecule has 0 bridgehead atoms. The number of rotatable bonds is 4. The molecule has 18 heavy (non-hydrogen) atoms. The molecule has 1 heterocycles. The number of sulfonamides is 1. The largest absolute Gasteiger partial charge is 0.263 e. The zero-order valence-electron chi connectivity index (χ0n) is 9.12. The number of thioether (sulfide) groups is 1. The smallest absolute Gasteiger partial charge is 0.253 e. The summed E-state index contributed by atoms with van der Waals surface area (Å²) < 4.78 is 28.0. The minimum Gasteiger partial charge on any atom is -0.253 e. The molecule has 0 unspecified atom stereocenters. The third kappa shape index (κ3) is 3.22. The fourth-order valence-electron chi connectivity index (χ4n) is 1.12. The van der Waals surface area contributed by atoms with Crippen LogP contribution in [0.5, 0.6) is 0 Å². The molecule has 1 aromatic carbocycles. The highest BCUT2D eigenvalue weighted by Gasteiger charge is 2.16. The summed E-state index contributed by atoms with van der Waals surface area (Å²) in [5, 5.41) is 7.85. The predicted octanol–water partition coefficient (Wildman–Crippen LogP) is 2.82. The summed E-state index contributed by atoms with van der Waals surface area (Å²) in [4.78, 5) is 0.187. The van der Waals surface area contributed by atoms with Crippen molar-refractivity contribution in [1.82, 2.24) is 10.2 Å². The highest BCUT2D eigenvalue weighted by molar-refractivity contribution is 9.10. The van der Waals surface area contributed by atoms with Crippen LogP contribution < -0.4 is 4.72 Å². The molecule has 0 atom stereocenters. The topological polar surface area (TPSA) is 72.0 Å². The Morgan fingerprint density at radius 3 is 2.50 bits per heavy atom. The molecule has 2 aromatic rings. The maximum Gasteiger partial charge on any atom is 0.263 e. The molecule has 0 fully saturated rings. The fourth-order valence-corrected chi connectivity index (χ4v) is 3.79. The Kier molecular flexibility index (Phi) is 4.25. The van der Waals surface area contributed by atoms with E-state index in [9.17, 15) is 8.42 Å². The molecule has 1 aromatic heterocycles. The van der Waals surface area contributed by atoms with E-state index in [1.165, 1.54) is 35.2 Å². The summed E-state index contributed by atoms with van der Waals surface area (Å²) >= 11 is 5.87. The van der Waals surface area contributed by atoms with Gasteiger partial charge in [-0.1, -0.05) is 39.0 Å². The third-order valence-corrected chi connectivity index (χ3v) is 5.75. The zero-order chi connectivity index (χ0) is 13.2. The van der Waals surface area contributed by atoms with Gasteiger partial charge < -0.3 is 0 Å². The van der Waals surface area contributed by atoms with Gasteiger partial charge in [0.05, 0.1) is 4.90 Å². The average Bonchev–Trinajstić information content (AvgIpc) is 2.76. The van der Waals surface area contributed by atoms with E-state index >= 15 is 0 Å². The lowest BCUT2D eigenvalue weighted by Crippen LogP contribution is -2.12. The van der Waals surface area contributed by atoms with E-state index in [1.807, 2.05) is 6.26 Å². The molecule has 0 radical (unpaired) electrons. The first kappa shape index (κ1) is 13.8.